The Hall–Kier alpha value is -2.55. The van der Waals surface area contributed by atoms with Crippen molar-refractivity contribution in [2.45, 2.75) is 0 Å². The van der Waals surface area contributed by atoms with Crippen LogP contribution in [0, 0.1) is 17.2 Å². The molecule has 2 heterocycles. The number of allylic oxidation sites excluding steroid dienone is 1. The Kier molecular flexibility index (Phi) is 2.92. The van der Waals surface area contributed by atoms with E-state index in [1.807, 2.05) is 6.07 Å². The van der Waals surface area contributed by atoms with E-state index in [2.05, 4.69) is 20.3 Å². The van der Waals surface area contributed by atoms with E-state index in [0.717, 1.165) is 0 Å². The van der Waals surface area contributed by atoms with E-state index >= 15 is 0 Å². The fourth-order valence-electron chi connectivity index (χ4n) is 1.38. The Labute approximate surface area is 97.7 Å². The van der Waals surface area contributed by atoms with E-state index in [4.69, 9.17) is 5.26 Å². The van der Waals surface area contributed by atoms with Crippen molar-refractivity contribution < 1.29 is 4.79 Å². The van der Waals surface area contributed by atoms with Crippen LogP contribution in [0.3, 0.4) is 0 Å². The summed E-state index contributed by atoms with van der Waals surface area (Å²) in [5.74, 6) is -0.675. The van der Waals surface area contributed by atoms with Crippen molar-refractivity contribution in [2.24, 2.45) is 10.9 Å². The summed E-state index contributed by atoms with van der Waals surface area (Å²) in [5.41, 5.74) is 1.20. The summed E-state index contributed by atoms with van der Waals surface area (Å²) in [6.07, 6.45) is 6.08. The molecule has 1 N–H and O–H groups in total. The van der Waals surface area contributed by atoms with Crippen LogP contribution in [0.5, 0.6) is 0 Å². The fraction of sp³-hybridized carbons (Fsp3) is 0.182. The molecule has 0 aliphatic carbocycles. The van der Waals surface area contributed by atoms with Gasteiger partial charge < -0.3 is 5.32 Å². The van der Waals surface area contributed by atoms with Crippen LogP contribution < -0.4 is 5.32 Å². The van der Waals surface area contributed by atoms with Crippen molar-refractivity contribution in [1.29, 1.82) is 5.26 Å². The molecule has 0 aromatic carbocycles. The number of nitrogens with zero attached hydrogens (tertiary/aromatic N) is 4. The van der Waals surface area contributed by atoms with Crippen LogP contribution in [0.4, 0.5) is 5.82 Å². The molecule has 6 nitrogen and oxygen atoms in total. The van der Waals surface area contributed by atoms with Gasteiger partial charge in [-0.25, -0.2) is 9.98 Å². The van der Waals surface area contributed by atoms with Crippen LogP contribution in [0.25, 0.3) is 5.57 Å². The first-order valence-corrected chi connectivity index (χ1v) is 4.94. The molecule has 0 radical (unpaired) electrons. The summed E-state index contributed by atoms with van der Waals surface area (Å²) in [4.78, 5) is 23.1. The lowest BCUT2D eigenvalue weighted by molar-refractivity contribution is -0.118. The predicted octanol–water partition coefficient (Wildman–Crippen LogP) is 0.652. The molecule has 1 aromatic rings. The maximum atomic E-state index is 11.2. The van der Waals surface area contributed by atoms with Crippen LogP contribution in [0.1, 0.15) is 5.69 Å². The van der Waals surface area contributed by atoms with Gasteiger partial charge in [-0.1, -0.05) is 0 Å². The number of nitriles is 1. The van der Waals surface area contributed by atoms with Gasteiger partial charge in [0.25, 0.3) is 5.91 Å². The number of carbonyl (C=O) groups excluding carboxylic acids is 1. The molecule has 2 rings (SSSR count). The van der Waals surface area contributed by atoms with Crippen molar-refractivity contribution >= 4 is 23.5 Å². The molecule has 6 heteroatoms. The summed E-state index contributed by atoms with van der Waals surface area (Å²) in [6.45, 7) is 0. The minimum atomic E-state index is -0.838. The molecule has 17 heavy (non-hydrogen) atoms. The van der Waals surface area contributed by atoms with Crippen LogP contribution in [-0.2, 0) is 4.79 Å². The summed E-state index contributed by atoms with van der Waals surface area (Å²) in [5, 5.41) is 11.7. The quantitative estimate of drug-likeness (QED) is 0.801. The minimum Gasteiger partial charge on any atom is -0.372 e. The maximum absolute atomic E-state index is 11.2. The number of aromatic nitrogens is 2. The van der Waals surface area contributed by atoms with E-state index in [-0.39, 0.29) is 0 Å². The van der Waals surface area contributed by atoms with Gasteiger partial charge in [-0.15, -0.1) is 0 Å². The van der Waals surface area contributed by atoms with Gasteiger partial charge >= 0.3 is 0 Å². The molecule has 1 aliphatic rings. The van der Waals surface area contributed by atoms with E-state index in [1.165, 1.54) is 6.21 Å². The summed E-state index contributed by atoms with van der Waals surface area (Å²) in [7, 11) is 1.73. The first kappa shape index (κ1) is 11.0. The second kappa shape index (κ2) is 4.53. The number of aliphatic imine (C=N–C) groups is 1. The monoisotopic (exact) mass is 227 g/mol. The number of amides is 1. The lowest BCUT2D eigenvalue weighted by Gasteiger charge is -2.09. The molecule has 0 bridgehead atoms. The fourth-order valence-corrected chi connectivity index (χ4v) is 1.38. The van der Waals surface area contributed by atoms with Gasteiger partial charge in [0.15, 0.2) is 0 Å². The van der Waals surface area contributed by atoms with Gasteiger partial charge in [-0.05, 0) is 6.08 Å². The molecule has 1 amide bonds. The third-order valence-corrected chi connectivity index (χ3v) is 2.27. The number of dihydropyridines is 1. The zero-order valence-electron chi connectivity index (χ0n) is 9.08. The Balaban J connectivity index is 2.38. The molecular formula is C11H9N5O. The van der Waals surface area contributed by atoms with Crippen molar-refractivity contribution in [2.75, 3.05) is 12.4 Å². The van der Waals surface area contributed by atoms with Crippen molar-refractivity contribution in [3.05, 3.63) is 24.2 Å². The zero-order chi connectivity index (χ0) is 12.3. The Morgan fingerprint density at radius 2 is 2.29 bits per heavy atom. The molecular weight excluding hydrogens is 218 g/mol. The SMILES string of the molecule is CNc1cncc(C2=CC(C#N)C(=O)N=C2)n1. The predicted molar refractivity (Wildman–Crippen MR) is 62.2 cm³/mol. The highest BCUT2D eigenvalue weighted by Crippen LogP contribution is 2.18. The third kappa shape index (κ3) is 2.18. The van der Waals surface area contributed by atoms with Crippen LogP contribution in [0.15, 0.2) is 23.5 Å². The van der Waals surface area contributed by atoms with E-state index in [1.54, 1.807) is 25.5 Å². The average Bonchev–Trinajstić information content (AvgIpc) is 2.39. The average molecular weight is 227 g/mol. The van der Waals surface area contributed by atoms with E-state index in [9.17, 15) is 4.79 Å². The van der Waals surface area contributed by atoms with Crippen molar-refractivity contribution in [3.8, 4) is 6.07 Å². The minimum absolute atomic E-state index is 0.450. The van der Waals surface area contributed by atoms with Gasteiger partial charge in [-0.2, -0.15) is 5.26 Å². The summed E-state index contributed by atoms with van der Waals surface area (Å²) in [6, 6.07) is 1.88. The van der Waals surface area contributed by atoms with Crippen LogP contribution >= 0.6 is 0 Å². The molecule has 0 saturated carbocycles. The standard InChI is InChI=1S/C11H9N5O/c1-13-10-6-14-5-9(16-10)8-2-7(3-12)11(17)15-4-8/h2,4-7H,1H3,(H,13,16). The molecule has 0 saturated heterocycles. The number of hydrogen-bond acceptors (Lipinski definition) is 5. The molecule has 1 atom stereocenters. The molecule has 1 unspecified atom stereocenters. The molecule has 84 valence electrons. The smallest absolute Gasteiger partial charge is 0.266 e. The number of nitrogens with one attached hydrogen (secondary N) is 1. The maximum Gasteiger partial charge on any atom is 0.266 e. The van der Waals surface area contributed by atoms with E-state index in [0.29, 0.717) is 17.1 Å². The molecule has 1 aliphatic heterocycles. The second-order valence-electron chi connectivity index (χ2n) is 3.36. The van der Waals surface area contributed by atoms with Crippen LogP contribution in [0.2, 0.25) is 0 Å². The Morgan fingerprint density at radius 1 is 1.47 bits per heavy atom. The molecule has 0 fully saturated rings. The number of anilines is 1. The number of rotatable bonds is 2. The molecule has 0 spiro atoms. The lowest BCUT2D eigenvalue weighted by atomic mass is 10.0. The highest BCUT2D eigenvalue weighted by atomic mass is 16.1. The first-order valence-electron chi connectivity index (χ1n) is 4.94. The lowest BCUT2D eigenvalue weighted by Crippen LogP contribution is -2.13. The third-order valence-electron chi connectivity index (χ3n) is 2.27. The van der Waals surface area contributed by atoms with Gasteiger partial charge in [0.1, 0.15) is 11.7 Å². The van der Waals surface area contributed by atoms with Crippen LogP contribution in [-0.4, -0.2) is 29.1 Å². The topological polar surface area (TPSA) is 91.0 Å². The van der Waals surface area contributed by atoms with Gasteiger partial charge in [0.05, 0.1) is 24.2 Å². The second-order valence-corrected chi connectivity index (χ2v) is 3.36. The Morgan fingerprint density at radius 3 is 3.00 bits per heavy atom. The number of hydrogen-bond donors (Lipinski definition) is 1. The normalized spacial score (nSPS) is 18.5. The zero-order valence-corrected chi connectivity index (χ0v) is 9.08. The van der Waals surface area contributed by atoms with Crippen molar-refractivity contribution in [3.63, 3.8) is 0 Å². The van der Waals surface area contributed by atoms with Gasteiger partial charge in [-0.3, -0.25) is 9.78 Å². The van der Waals surface area contributed by atoms with Gasteiger partial charge in [0, 0.05) is 18.8 Å². The van der Waals surface area contributed by atoms with Crippen molar-refractivity contribution in [1.82, 2.24) is 9.97 Å². The Bertz CT molecular complexity index is 555. The highest BCUT2D eigenvalue weighted by molar-refractivity contribution is 6.16. The largest absolute Gasteiger partial charge is 0.372 e. The summed E-state index contributed by atoms with van der Waals surface area (Å²) < 4.78 is 0. The number of carbonyl (C=O) groups is 1. The highest BCUT2D eigenvalue weighted by Gasteiger charge is 2.19. The first-order chi connectivity index (χ1) is 8.24. The van der Waals surface area contributed by atoms with E-state index < -0.39 is 11.8 Å². The summed E-state index contributed by atoms with van der Waals surface area (Å²) >= 11 is 0. The molecule has 1 aromatic heterocycles. The van der Waals surface area contributed by atoms with Gasteiger partial charge in [0.2, 0.25) is 0 Å².